The summed E-state index contributed by atoms with van der Waals surface area (Å²) in [7, 11) is 1.29. The predicted molar refractivity (Wildman–Crippen MR) is 107 cm³/mol. The van der Waals surface area contributed by atoms with E-state index in [1.54, 1.807) is 30.3 Å². The Morgan fingerprint density at radius 3 is 2.50 bits per heavy atom. The van der Waals surface area contributed by atoms with Gasteiger partial charge in [-0.1, -0.05) is 18.2 Å². The third-order valence-corrected chi connectivity index (χ3v) is 4.26. The highest BCUT2D eigenvalue weighted by atomic mass is 16.5. The molecule has 1 heterocycles. The first-order valence-corrected chi connectivity index (χ1v) is 8.63. The SMILES string of the molecule is COC(=O)c1ccccc1NC(=O)c1cc(Nc2ccc(C)c(C)c2)ncn1. The molecule has 0 aliphatic heterocycles. The van der Waals surface area contributed by atoms with Gasteiger partial charge in [0.1, 0.15) is 17.8 Å². The zero-order valence-electron chi connectivity index (χ0n) is 15.8. The maximum Gasteiger partial charge on any atom is 0.339 e. The summed E-state index contributed by atoms with van der Waals surface area (Å²) in [5.41, 5.74) is 3.99. The van der Waals surface area contributed by atoms with Crippen molar-refractivity contribution in [1.29, 1.82) is 0 Å². The van der Waals surface area contributed by atoms with E-state index in [4.69, 9.17) is 4.74 Å². The van der Waals surface area contributed by atoms with E-state index in [-0.39, 0.29) is 11.3 Å². The number of anilines is 3. The normalized spacial score (nSPS) is 10.2. The van der Waals surface area contributed by atoms with Gasteiger partial charge in [-0.05, 0) is 49.2 Å². The van der Waals surface area contributed by atoms with E-state index >= 15 is 0 Å². The maximum atomic E-state index is 12.6. The molecule has 1 amide bonds. The molecule has 0 aliphatic rings. The van der Waals surface area contributed by atoms with Crippen molar-refractivity contribution in [2.45, 2.75) is 13.8 Å². The Morgan fingerprint density at radius 2 is 1.75 bits per heavy atom. The summed E-state index contributed by atoms with van der Waals surface area (Å²) < 4.78 is 4.74. The second kappa shape index (κ2) is 8.30. The number of para-hydroxylation sites is 1. The van der Waals surface area contributed by atoms with Gasteiger partial charge in [0.05, 0.1) is 18.4 Å². The number of nitrogens with one attached hydrogen (secondary N) is 2. The molecule has 0 fully saturated rings. The van der Waals surface area contributed by atoms with Crippen LogP contribution < -0.4 is 10.6 Å². The molecule has 0 radical (unpaired) electrons. The van der Waals surface area contributed by atoms with E-state index in [1.807, 2.05) is 32.0 Å². The Balaban J connectivity index is 1.79. The number of methoxy groups -OCH3 is 1. The minimum Gasteiger partial charge on any atom is -0.465 e. The molecule has 0 saturated carbocycles. The molecule has 7 heteroatoms. The Labute approximate surface area is 162 Å². The zero-order valence-corrected chi connectivity index (χ0v) is 15.8. The number of hydrogen-bond acceptors (Lipinski definition) is 6. The molecule has 0 unspecified atom stereocenters. The van der Waals surface area contributed by atoms with Crippen LogP contribution in [-0.2, 0) is 4.74 Å². The summed E-state index contributed by atoms with van der Waals surface area (Å²) >= 11 is 0. The average molecular weight is 376 g/mol. The molecule has 2 aromatic carbocycles. The van der Waals surface area contributed by atoms with Gasteiger partial charge in [-0.3, -0.25) is 4.79 Å². The van der Waals surface area contributed by atoms with Crippen molar-refractivity contribution in [3.63, 3.8) is 0 Å². The molecular formula is C21H20N4O3. The van der Waals surface area contributed by atoms with Gasteiger partial charge < -0.3 is 15.4 Å². The van der Waals surface area contributed by atoms with Gasteiger partial charge in [-0.25, -0.2) is 14.8 Å². The molecule has 0 saturated heterocycles. The highest BCUT2D eigenvalue weighted by molar-refractivity contribution is 6.07. The van der Waals surface area contributed by atoms with Crippen LogP contribution in [0.25, 0.3) is 0 Å². The van der Waals surface area contributed by atoms with Gasteiger partial charge in [-0.15, -0.1) is 0 Å². The minimum absolute atomic E-state index is 0.168. The largest absolute Gasteiger partial charge is 0.465 e. The van der Waals surface area contributed by atoms with Crippen LogP contribution in [0.4, 0.5) is 17.2 Å². The Hall–Kier alpha value is -3.74. The van der Waals surface area contributed by atoms with Gasteiger partial charge in [0.15, 0.2) is 0 Å². The highest BCUT2D eigenvalue weighted by Gasteiger charge is 2.15. The van der Waals surface area contributed by atoms with Crippen LogP contribution in [-0.4, -0.2) is 29.0 Å². The summed E-state index contributed by atoms with van der Waals surface area (Å²) in [5.74, 6) is -0.498. The molecule has 0 aliphatic carbocycles. The maximum absolute atomic E-state index is 12.6. The fourth-order valence-electron chi connectivity index (χ4n) is 2.58. The molecule has 0 spiro atoms. The third-order valence-electron chi connectivity index (χ3n) is 4.26. The Kier molecular flexibility index (Phi) is 5.64. The molecule has 3 aromatic rings. The lowest BCUT2D eigenvalue weighted by Crippen LogP contribution is -2.17. The van der Waals surface area contributed by atoms with Crippen LogP contribution >= 0.6 is 0 Å². The number of aryl methyl sites for hydroxylation is 2. The van der Waals surface area contributed by atoms with Gasteiger partial charge in [0.2, 0.25) is 0 Å². The molecule has 142 valence electrons. The first kappa shape index (κ1) is 19.0. The van der Waals surface area contributed by atoms with Crippen LogP contribution in [0.1, 0.15) is 32.0 Å². The minimum atomic E-state index is -0.532. The number of aromatic nitrogens is 2. The van der Waals surface area contributed by atoms with Crippen LogP contribution in [0.5, 0.6) is 0 Å². The first-order chi connectivity index (χ1) is 13.5. The quantitative estimate of drug-likeness (QED) is 0.657. The van der Waals surface area contributed by atoms with Gasteiger partial charge in [0.25, 0.3) is 5.91 Å². The molecule has 0 bridgehead atoms. The van der Waals surface area contributed by atoms with E-state index in [1.165, 1.54) is 19.0 Å². The Morgan fingerprint density at radius 1 is 0.964 bits per heavy atom. The lowest BCUT2D eigenvalue weighted by molar-refractivity contribution is 0.0602. The molecule has 1 aromatic heterocycles. The Bertz CT molecular complexity index is 1030. The topological polar surface area (TPSA) is 93.2 Å². The van der Waals surface area contributed by atoms with Gasteiger partial charge in [-0.2, -0.15) is 0 Å². The number of ether oxygens (including phenoxy) is 1. The van der Waals surface area contributed by atoms with E-state index in [0.29, 0.717) is 11.5 Å². The van der Waals surface area contributed by atoms with Crippen LogP contribution in [0.3, 0.4) is 0 Å². The van der Waals surface area contributed by atoms with Gasteiger partial charge >= 0.3 is 5.97 Å². The molecule has 0 atom stereocenters. The highest BCUT2D eigenvalue weighted by Crippen LogP contribution is 2.20. The van der Waals surface area contributed by atoms with Crippen molar-refractivity contribution in [1.82, 2.24) is 9.97 Å². The van der Waals surface area contributed by atoms with Crippen molar-refractivity contribution in [2.24, 2.45) is 0 Å². The zero-order chi connectivity index (χ0) is 20.1. The molecule has 28 heavy (non-hydrogen) atoms. The second-order valence-corrected chi connectivity index (χ2v) is 6.20. The predicted octanol–water partition coefficient (Wildman–Crippen LogP) is 3.88. The standard InChI is InChI=1S/C21H20N4O3/c1-13-8-9-15(10-14(13)2)24-19-11-18(22-12-23-19)20(26)25-17-7-5-4-6-16(17)21(27)28-3/h4-12H,1-3H3,(H,25,26)(H,22,23,24). The summed E-state index contributed by atoms with van der Waals surface area (Å²) in [6.07, 6.45) is 1.31. The summed E-state index contributed by atoms with van der Waals surface area (Å²) in [4.78, 5) is 32.6. The molecule has 3 rings (SSSR count). The number of benzene rings is 2. The van der Waals surface area contributed by atoms with Crippen molar-refractivity contribution >= 4 is 29.1 Å². The number of hydrogen-bond donors (Lipinski definition) is 2. The van der Waals surface area contributed by atoms with E-state index in [2.05, 4.69) is 20.6 Å². The lowest BCUT2D eigenvalue weighted by Gasteiger charge is -2.11. The van der Waals surface area contributed by atoms with Crippen molar-refractivity contribution < 1.29 is 14.3 Å². The number of carbonyl (C=O) groups is 2. The fraction of sp³-hybridized carbons (Fsp3) is 0.143. The number of esters is 1. The average Bonchev–Trinajstić information content (AvgIpc) is 2.71. The number of nitrogens with zero attached hydrogens (tertiary/aromatic N) is 2. The molecule has 2 N–H and O–H groups in total. The molecule has 7 nitrogen and oxygen atoms in total. The first-order valence-electron chi connectivity index (χ1n) is 8.63. The van der Waals surface area contributed by atoms with Crippen molar-refractivity contribution in [2.75, 3.05) is 17.7 Å². The van der Waals surface area contributed by atoms with Crippen LogP contribution in [0, 0.1) is 13.8 Å². The lowest BCUT2D eigenvalue weighted by atomic mass is 10.1. The van der Waals surface area contributed by atoms with Crippen LogP contribution in [0.15, 0.2) is 54.9 Å². The van der Waals surface area contributed by atoms with Crippen LogP contribution in [0.2, 0.25) is 0 Å². The number of carbonyl (C=O) groups excluding carboxylic acids is 2. The second-order valence-electron chi connectivity index (χ2n) is 6.20. The van der Waals surface area contributed by atoms with Crippen molar-refractivity contribution in [3.8, 4) is 0 Å². The number of amides is 1. The monoisotopic (exact) mass is 376 g/mol. The smallest absolute Gasteiger partial charge is 0.339 e. The number of rotatable bonds is 5. The van der Waals surface area contributed by atoms with E-state index in [9.17, 15) is 9.59 Å². The van der Waals surface area contributed by atoms with E-state index < -0.39 is 11.9 Å². The molecular weight excluding hydrogens is 356 g/mol. The van der Waals surface area contributed by atoms with Crippen molar-refractivity contribution in [3.05, 3.63) is 77.2 Å². The fourth-order valence-corrected chi connectivity index (χ4v) is 2.58. The van der Waals surface area contributed by atoms with E-state index in [0.717, 1.165) is 11.3 Å². The summed E-state index contributed by atoms with van der Waals surface area (Å²) in [6.45, 7) is 4.07. The summed E-state index contributed by atoms with van der Waals surface area (Å²) in [5, 5.41) is 5.86. The van der Waals surface area contributed by atoms with Gasteiger partial charge in [0, 0.05) is 11.8 Å². The summed E-state index contributed by atoms with van der Waals surface area (Å²) in [6, 6.07) is 14.1. The third kappa shape index (κ3) is 4.32.